The molecule has 126 valence electrons. The Morgan fingerprint density at radius 1 is 1.25 bits per heavy atom. The first-order valence-electron chi connectivity index (χ1n) is 6.48. The topological polar surface area (TPSA) is 64.0 Å². The van der Waals surface area contributed by atoms with Crippen LogP contribution in [-0.2, 0) is 17.1 Å². The first-order chi connectivity index (χ1) is 11.2. The minimum atomic E-state index is -4.16. The van der Waals surface area contributed by atoms with Crippen LogP contribution in [0.5, 0.6) is 0 Å². The van der Waals surface area contributed by atoms with Gasteiger partial charge in [-0.2, -0.15) is 0 Å². The number of nitrogens with one attached hydrogen (secondary N) is 1. The number of pyridine rings is 1. The fourth-order valence-corrected chi connectivity index (χ4v) is 3.97. The van der Waals surface area contributed by atoms with Gasteiger partial charge in [0, 0.05) is 24.7 Å². The molecule has 0 saturated carbocycles. The molecule has 1 N–H and O–H groups in total. The van der Waals surface area contributed by atoms with Crippen molar-refractivity contribution in [2.24, 2.45) is 7.05 Å². The van der Waals surface area contributed by atoms with E-state index in [1.807, 2.05) is 0 Å². The van der Waals surface area contributed by atoms with Gasteiger partial charge in [-0.1, -0.05) is 11.6 Å². The van der Waals surface area contributed by atoms with Gasteiger partial charge >= 0.3 is 0 Å². The molecular formula is C14H9BrClF2N3O2S. The number of hydrogen-bond donors (Lipinski definition) is 1. The highest BCUT2D eigenvalue weighted by Crippen LogP contribution is 2.29. The van der Waals surface area contributed by atoms with Crippen molar-refractivity contribution in [2.45, 2.75) is 4.90 Å². The maximum atomic E-state index is 13.9. The molecule has 0 bridgehead atoms. The van der Waals surface area contributed by atoms with E-state index < -0.39 is 27.3 Å². The van der Waals surface area contributed by atoms with Crippen molar-refractivity contribution in [2.75, 3.05) is 4.72 Å². The molecule has 0 aliphatic rings. The summed E-state index contributed by atoms with van der Waals surface area (Å²) in [6, 6.07) is 4.55. The number of sulfonamides is 1. The van der Waals surface area contributed by atoms with Crippen LogP contribution in [0, 0.1) is 11.6 Å². The summed E-state index contributed by atoms with van der Waals surface area (Å²) in [5.41, 5.74) is -0.139. The van der Waals surface area contributed by atoms with E-state index in [1.54, 1.807) is 7.05 Å². The summed E-state index contributed by atoms with van der Waals surface area (Å²) in [5.74, 6) is -1.70. The molecule has 3 rings (SSSR count). The lowest BCUT2D eigenvalue weighted by Gasteiger charge is -2.09. The van der Waals surface area contributed by atoms with Crippen molar-refractivity contribution < 1.29 is 17.2 Å². The minimum Gasteiger partial charge on any atom is -0.334 e. The molecule has 0 atom stereocenters. The van der Waals surface area contributed by atoms with E-state index in [0.717, 1.165) is 12.1 Å². The van der Waals surface area contributed by atoms with Gasteiger partial charge < -0.3 is 4.57 Å². The second-order valence-corrected chi connectivity index (χ2v) is 7.85. The van der Waals surface area contributed by atoms with E-state index >= 15 is 0 Å². The number of benzene rings is 1. The van der Waals surface area contributed by atoms with E-state index in [2.05, 4.69) is 25.6 Å². The van der Waals surface area contributed by atoms with E-state index in [4.69, 9.17) is 11.6 Å². The Morgan fingerprint density at radius 3 is 2.67 bits per heavy atom. The molecule has 0 radical (unpaired) electrons. The molecule has 0 fully saturated rings. The highest BCUT2D eigenvalue weighted by molar-refractivity contribution is 9.10. The van der Waals surface area contributed by atoms with E-state index in [0.29, 0.717) is 11.0 Å². The van der Waals surface area contributed by atoms with Crippen molar-refractivity contribution in [3.8, 4) is 0 Å². The molecule has 0 spiro atoms. The van der Waals surface area contributed by atoms with Crippen LogP contribution in [-0.4, -0.2) is 18.0 Å². The van der Waals surface area contributed by atoms with Crippen LogP contribution in [0.4, 0.5) is 14.5 Å². The number of anilines is 1. The summed E-state index contributed by atoms with van der Waals surface area (Å²) in [4.78, 5) is 3.94. The molecule has 5 nitrogen and oxygen atoms in total. The largest absolute Gasteiger partial charge is 0.334 e. The van der Waals surface area contributed by atoms with Crippen LogP contribution in [0.2, 0.25) is 5.15 Å². The Bertz CT molecular complexity index is 1070. The van der Waals surface area contributed by atoms with Crippen LogP contribution in [0.15, 0.2) is 39.8 Å². The SMILES string of the molecule is Cn1cc(S(=O)(=O)Nc2cc(F)c(Br)cc2F)c2ccc(Cl)nc21. The fraction of sp³-hybridized carbons (Fsp3) is 0.0714. The number of halogens is 4. The first-order valence-corrected chi connectivity index (χ1v) is 9.13. The van der Waals surface area contributed by atoms with E-state index in [-0.39, 0.29) is 14.5 Å². The molecular weight excluding hydrogens is 428 g/mol. The third-order valence-electron chi connectivity index (χ3n) is 3.30. The van der Waals surface area contributed by atoms with Crippen molar-refractivity contribution in [3.63, 3.8) is 0 Å². The quantitative estimate of drug-likeness (QED) is 0.497. The third-order valence-corrected chi connectivity index (χ3v) is 5.51. The second-order valence-electron chi connectivity index (χ2n) is 4.96. The van der Waals surface area contributed by atoms with Crippen LogP contribution < -0.4 is 4.72 Å². The van der Waals surface area contributed by atoms with Crippen LogP contribution in [0.3, 0.4) is 0 Å². The average molecular weight is 437 g/mol. The van der Waals surface area contributed by atoms with Crippen LogP contribution in [0.25, 0.3) is 11.0 Å². The fourth-order valence-electron chi connectivity index (χ4n) is 2.21. The van der Waals surface area contributed by atoms with Gasteiger partial charge in [0.15, 0.2) is 0 Å². The minimum absolute atomic E-state index is 0.105. The first kappa shape index (κ1) is 17.1. The van der Waals surface area contributed by atoms with Gasteiger partial charge in [0.05, 0.1) is 10.2 Å². The van der Waals surface area contributed by atoms with Crippen molar-refractivity contribution in [1.82, 2.24) is 9.55 Å². The number of nitrogens with zero attached hydrogens (tertiary/aromatic N) is 2. The van der Waals surface area contributed by atoms with Crippen molar-refractivity contribution in [1.29, 1.82) is 0 Å². The summed E-state index contributed by atoms with van der Waals surface area (Å²) in [7, 11) is -2.56. The maximum Gasteiger partial charge on any atom is 0.264 e. The zero-order valence-electron chi connectivity index (χ0n) is 12.0. The van der Waals surface area contributed by atoms with Gasteiger partial charge in [-0.15, -0.1) is 0 Å². The molecule has 1 aromatic carbocycles. The zero-order valence-corrected chi connectivity index (χ0v) is 15.2. The highest BCUT2D eigenvalue weighted by Gasteiger charge is 2.23. The van der Waals surface area contributed by atoms with E-state index in [1.165, 1.54) is 22.9 Å². The third kappa shape index (κ3) is 2.99. The number of hydrogen-bond acceptors (Lipinski definition) is 3. The predicted molar refractivity (Wildman–Crippen MR) is 90.6 cm³/mol. The van der Waals surface area contributed by atoms with Gasteiger partial charge in [0.1, 0.15) is 27.3 Å². The molecule has 0 aliphatic carbocycles. The van der Waals surface area contributed by atoms with Gasteiger partial charge in [-0.05, 0) is 34.1 Å². The molecule has 0 unspecified atom stereocenters. The zero-order chi connectivity index (χ0) is 17.6. The number of fused-ring (bicyclic) bond motifs is 1. The van der Waals surface area contributed by atoms with Gasteiger partial charge in [-0.3, -0.25) is 4.72 Å². The lowest BCUT2D eigenvalue weighted by molar-refractivity contribution is 0.592. The van der Waals surface area contributed by atoms with Gasteiger partial charge in [0.2, 0.25) is 0 Å². The maximum absolute atomic E-state index is 13.9. The Kier molecular flexibility index (Phi) is 4.27. The summed E-state index contributed by atoms with van der Waals surface area (Å²) in [5, 5.41) is 0.522. The Labute approximate surface area is 149 Å². The van der Waals surface area contributed by atoms with Gasteiger partial charge in [-0.25, -0.2) is 22.2 Å². The summed E-state index contributed by atoms with van der Waals surface area (Å²) in [6.07, 6.45) is 1.32. The van der Waals surface area contributed by atoms with Crippen molar-refractivity contribution >= 4 is 54.3 Å². The summed E-state index contributed by atoms with van der Waals surface area (Å²) >= 11 is 8.64. The molecule has 24 heavy (non-hydrogen) atoms. The van der Waals surface area contributed by atoms with Crippen LogP contribution >= 0.6 is 27.5 Å². The molecule has 10 heteroatoms. The molecule has 0 saturated heterocycles. The smallest absolute Gasteiger partial charge is 0.264 e. The lowest BCUT2D eigenvalue weighted by atomic mass is 10.3. The predicted octanol–water partition coefficient (Wildman–Crippen LogP) is 4.07. The number of aromatic nitrogens is 2. The monoisotopic (exact) mass is 435 g/mol. The normalized spacial score (nSPS) is 11.9. The number of aryl methyl sites for hydroxylation is 1. The average Bonchev–Trinajstić information content (AvgIpc) is 2.82. The second kappa shape index (κ2) is 5.98. The highest BCUT2D eigenvalue weighted by atomic mass is 79.9. The summed E-state index contributed by atoms with van der Waals surface area (Å²) < 4.78 is 56.0. The summed E-state index contributed by atoms with van der Waals surface area (Å²) in [6.45, 7) is 0. The molecule has 0 aliphatic heterocycles. The number of rotatable bonds is 3. The van der Waals surface area contributed by atoms with E-state index in [9.17, 15) is 17.2 Å². The van der Waals surface area contributed by atoms with Crippen molar-refractivity contribution in [3.05, 3.63) is 51.7 Å². The Hall–Kier alpha value is -1.71. The molecule has 2 heterocycles. The molecule has 3 aromatic rings. The Morgan fingerprint density at radius 2 is 1.96 bits per heavy atom. The molecule has 0 amide bonds. The lowest BCUT2D eigenvalue weighted by Crippen LogP contribution is -2.14. The molecule has 2 aromatic heterocycles. The van der Waals surface area contributed by atoms with Gasteiger partial charge in [0.25, 0.3) is 10.0 Å². The Balaban J connectivity index is 2.11. The van der Waals surface area contributed by atoms with Crippen LogP contribution in [0.1, 0.15) is 0 Å². The standard InChI is InChI=1S/C14H9BrClF2N3O2S/c1-21-6-12(7-2-3-13(16)19-14(7)21)24(22,23)20-11-5-9(17)8(15)4-10(11)18/h2-6,20H,1H3.